The Kier molecular flexibility index (Phi) is 8.63. The average Bonchev–Trinajstić information content (AvgIpc) is 3.25. The second kappa shape index (κ2) is 12.3. The van der Waals surface area contributed by atoms with Gasteiger partial charge in [0, 0.05) is 30.1 Å². The Balaban J connectivity index is 1.35. The number of aryl methyl sites for hydroxylation is 1. The fourth-order valence-corrected chi connectivity index (χ4v) is 3.96. The van der Waals surface area contributed by atoms with E-state index in [9.17, 15) is 4.79 Å². The summed E-state index contributed by atoms with van der Waals surface area (Å²) in [5, 5.41) is 0.518. The molecule has 0 atom stereocenters. The molecule has 0 N–H and O–H groups in total. The topological polar surface area (TPSA) is 64.8 Å². The number of nitrogens with zero attached hydrogens (tertiary/aromatic N) is 2. The molecule has 7 heteroatoms. The number of hydrogen-bond donors (Lipinski definition) is 0. The highest BCUT2D eigenvalue weighted by molar-refractivity contribution is 6.30. The van der Waals surface area contributed by atoms with Crippen molar-refractivity contribution in [2.24, 2.45) is 0 Å². The van der Waals surface area contributed by atoms with Crippen LogP contribution >= 0.6 is 11.6 Å². The molecule has 0 saturated carbocycles. The van der Waals surface area contributed by atoms with Crippen LogP contribution in [0.3, 0.4) is 0 Å². The van der Waals surface area contributed by atoms with Crippen LogP contribution in [0.15, 0.2) is 83.3 Å². The Morgan fingerprint density at radius 1 is 1.00 bits per heavy atom. The molecule has 0 aliphatic rings. The SMILES string of the molecule is CCCN(Cc1cccc(OCCc2nc(-c3ccccc3)oc2C)c1)C(=O)Oc1cccc(Cl)c1. The molecule has 0 aliphatic carbocycles. The maximum absolute atomic E-state index is 12.8. The molecule has 0 saturated heterocycles. The highest BCUT2D eigenvalue weighted by Crippen LogP contribution is 2.23. The van der Waals surface area contributed by atoms with Crippen molar-refractivity contribution in [3.8, 4) is 23.0 Å². The smallest absolute Gasteiger partial charge is 0.415 e. The molecular weight excluding hydrogens is 476 g/mol. The van der Waals surface area contributed by atoms with Crippen molar-refractivity contribution in [2.45, 2.75) is 33.2 Å². The van der Waals surface area contributed by atoms with E-state index in [1.165, 1.54) is 0 Å². The zero-order valence-electron chi connectivity index (χ0n) is 20.4. The molecule has 0 unspecified atom stereocenters. The summed E-state index contributed by atoms with van der Waals surface area (Å²) in [6.45, 7) is 5.38. The highest BCUT2D eigenvalue weighted by Gasteiger charge is 2.16. The number of aromatic nitrogens is 1. The lowest BCUT2D eigenvalue weighted by Crippen LogP contribution is -2.33. The predicted molar refractivity (Wildman–Crippen MR) is 140 cm³/mol. The standard InChI is InChI=1S/C29H29ClN2O4/c1-3-16-32(29(33)36-26-14-8-12-24(30)19-26)20-22-9-7-13-25(18-22)34-17-15-27-21(2)35-28(31-27)23-10-5-4-6-11-23/h4-14,18-19H,3,15-17,20H2,1-2H3. The number of ether oxygens (including phenoxy) is 2. The van der Waals surface area contributed by atoms with E-state index in [1.807, 2.05) is 68.4 Å². The number of rotatable bonds is 10. The van der Waals surface area contributed by atoms with Crippen LogP contribution in [0, 0.1) is 6.92 Å². The Hall–Kier alpha value is -3.77. The number of amides is 1. The minimum atomic E-state index is -0.416. The third-order valence-corrected chi connectivity index (χ3v) is 5.78. The zero-order chi connectivity index (χ0) is 25.3. The van der Waals surface area contributed by atoms with E-state index in [0.717, 1.165) is 34.8 Å². The second-order valence-corrected chi connectivity index (χ2v) is 8.82. The van der Waals surface area contributed by atoms with Crippen LogP contribution in [-0.4, -0.2) is 29.1 Å². The van der Waals surface area contributed by atoms with Crippen LogP contribution in [0.25, 0.3) is 11.5 Å². The molecule has 6 nitrogen and oxygen atoms in total. The molecule has 0 fully saturated rings. The Morgan fingerprint density at radius 3 is 2.56 bits per heavy atom. The van der Waals surface area contributed by atoms with Gasteiger partial charge in [-0.3, -0.25) is 0 Å². The quantitative estimate of drug-likeness (QED) is 0.226. The average molecular weight is 505 g/mol. The summed E-state index contributed by atoms with van der Waals surface area (Å²) in [6, 6.07) is 24.4. The largest absolute Gasteiger partial charge is 0.493 e. The first-order valence-electron chi connectivity index (χ1n) is 12.0. The lowest BCUT2D eigenvalue weighted by Gasteiger charge is -2.22. The van der Waals surface area contributed by atoms with Crippen LogP contribution in [0.4, 0.5) is 4.79 Å². The maximum atomic E-state index is 12.8. The Labute approximate surface area is 216 Å². The van der Waals surface area contributed by atoms with Gasteiger partial charge in [-0.05, 0) is 61.4 Å². The van der Waals surface area contributed by atoms with Gasteiger partial charge in [0.2, 0.25) is 5.89 Å². The first-order valence-corrected chi connectivity index (χ1v) is 12.4. The van der Waals surface area contributed by atoms with Crippen molar-refractivity contribution in [3.05, 3.63) is 101 Å². The predicted octanol–water partition coefficient (Wildman–Crippen LogP) is 7.34. The van der Waals surface area contributed by atoms with Gasteiger partial charge < -0.3 is 18.8 Å². The summed E-state index contributed by atoms with van der Waals surface area (Å²) in [7, 11) is 0. The first kappa shape index (κ1) is 25.3. The van der Waals surface area contributed by atoms with Gasteiger partial charge in [-0.15, -0.1) is 0 Å². The summed E-state index contributed by atoms with van der Waals surface area (Å²) in [5.74, 6) is 2.56. The molecule has 1 heterocycles. The van der Waals surface area contributed by atoms with Crippen molar-refractivity contribution >= 4 is 17.7 Å². The minimum absolute atomic E-state index is 0.410. The maximum Gasteiger partial charge on any atom is 0.415 e. The van der Waals surface area contributed by atoms with E-state index >= 15 is 0 Å². The van der Waals surface area contributed by atoms with Crippen molar-refractivity contribution in [1.29, 1.82) is 0 Å². The molecule has 186 valence electrons. The van der Waals surface area contributed by atoms with Gasteiger partial charge in [0.1, 0.15) is 17.3 Å². The molecule has 0 radical (unpaired) electrons. The summed E-state index contributed by atoms with van der Waals surface area (Å²) in [6.07, 6.45) is 1.02. The monoisotopic (exact) mass is 504 g/mol. The molecule has 4 aromatic rings. The Morgan fingerprint density at radius 2 is 1.78 bits per heavy atom. The van der Waals surface area contributed by atoms with Gasteiger partial charge in [-0.2, -0.15) is 0 Å². The minimum Gasteiger partial charge on any atom is -0.493 e. The fourth-order valence-electron chi connectivity index (χ4n) is 3.78. The third kappa shape index (κ3) is 6.89. The Bertz CT molecular complexity index is 1290. The number of carbonyl (C=O) groups excluding carboxylic acids is 1. The number of benzene rings is 3. The van der Waals surface area contributed by atoms with Gasteiger partial charge in [-0.25, -0.2) is 9.78 Å². The van der Waals surface area contributed by atoms with E-state index < -0.39 is 6.09 Å². The second-order valence-electron chi connectivity index (χ2n) is 8.38. The van der Waals surface area contributed by atoms with Crippen LogP contribution in [0.5, 0.6) is 11.5 Å². The molecule has 1 aromatic heterocycles. The lowest BCUT2D eigenvalue weighted by atomic mass is 10.2. The van der Waals surface area contributed by atoms with Gasteiger partial charge in [-0.1, -0.05) is 54.9 Å². The van der Waals surface area contributed by atoms with E-state index in [2.05, 4.69) is 4.98 Å². The van der Waals surface area contributed by atoms with E-state index in [1.54, 1.807) is 29.2 Å². The van der Waals surface area contributed by atoms with Gasteiger partial charge in [0.25, 0.3) is 0 Å². The molecule has 0 spiro atoms. The van der Waals surface area contributed by atoms with Crippen molar-refractivity contribution in [1.82, 2.24) is 9.88 Å². The molecule has 36 heavy (non-hydrogen) atoms. The van der Waals surface area contributed by atoms with Gasteiger partial charge in [0.05, 0.1) is 12.3 Å². The highest BCUT2D eigenvalue weighted by atomic mass is 35.5. The van der Waals surface area contributed by atoms with Crippen LogP contribution in [0.2, 0.25) is 5.02 Å². The first-order chi connectivity index (χ1) is 17.5. The van der Waals surface area contributed by atoms with Crippen LogP contribution < -0.4 is 9.47 Å². The summed E-state index contributed by atoms with van der Waals surface area (Å²) in [5.41, 5.74) is 2.78. The van der Waals surface area contributed by atoms with Crippen molar-refractivity contribution in [3.63, 3.8) is 0 Å². The van der Waals surface area contributed by atoms with Crippen LogP contribution in [-0.2, 0) is 13.0 Å². The van der Waals surface area contributed by atoms with Crippen molar-refractivity contribution in [2.75, 3.05) is 13.2 Å². The van der Waals surface area contributed by atoms with Crippen molar-refractivity contribution < 1.29 is 18.7 Å². The van der Waals surface area contributed by atoms with E-state index in [0.29, 0.717) is 42.8 Å². The summed E-state index contributed by atoms with van der Waals surface area (Å²) in [4.78, 5) is 19.1. The molecule has 4 rings (SSSR count). The number of oxazole rings is 1. The zero-order valence-corrected chi connectivity index (χ0v) is 21.2. The molecule has 0 bridgehead atoms. The number of hydrogen-bond acceptors (Lipinski definition) is 5. The molecule has 0 aliphatic heterocycles. The van der Waals surface area contributed by atoms with Gasteiger partial charge >= 0.3 is 6.09 Å². The van der Waals surface area contributed by atoms with E-state index in [-0.39, 0.29) is 0 Å². The third-order valence-electron chi connectivity index (χ3n) is 5.55. The summed E-state index contributed by atoms with van der Waals surface area (Å²) < 4.78 is 17.4. The van der Waals surface area contributed by atoms with Crippen LogP contribution in [0.1, 0.15) is 30.4 Å². The number of carbonyl (C=O) groups is 1. The molecule has 3 aromatic carbocycles. The molecular formula is C29H29ClN2O4. The normalized spacial score (nSPS) is 10.8. The van der Waals surface area contributed by atoms with Gasteiger partial charge in [0.15, 0.2) is 0 Å². The number of halogens is 1. The lowest BCUT2D eigenvalue weighted by molar-refractivity contribution is 0.149. The fraction of sp³-hybridized carbons (Fsp3) is 0.241. The summed E-state index contributed by atoms with van der Waals surface area (Å²) >= 11 is 6.01. The van der Waals surface area contributed by atoms with E-state index in [4.69, 9.17) is 25.5 Å². The molecule has 1 amide bonds.